The van der Waals surface area contributed by atoms with Crippen molar-refractivity contribution in [1.29, 1.82) is 0 Å². The minimum atomic E-state index is -0.376. The third-order valence-electron chi connectivity index (χ3n) is 4.90. The highest BCUT2D eigenvalue weighted by atomic mass is 19.1. The van der Waals surface area contributed by atoms with Gasteiger partial charge in [0.2, 0.25) is 5.91 Å². The van der Waals surface area contributed by atoms with Gasteiger partial charge in [0.05, 0.1) is 12.2 Å². The number of nitrogens with zero attached hydrogens (tertiary/aromatic N) is 2. The highest BCUT2D eigenvalue weighted by Gasteiger charge is 2.21. The fourth-order valence-corrected chi connectivity index (χ4v) is 3.35. The van der Waals surface area contributed by atoms with Crippen molar-refractivity contribution >= 4 is 23.3 Å². The quantitative estimate of drug-likeness (QED) is 0.725. The van der Waals surface area contributed by atoms with Gasteiger partial charge in [-0.15, -0.1) is 0 Å². The van der Waals surface area contributed by atoms with Crippen molar-refractivity contribution in [3.63, 3.8) is 0 Å². The first-order valence-corrected chi connectivity index (χ1v) is 9.87. The van der Waals surface area contributed by atoms with Crippen LogP contribution < -0.4 is 10.2 Å². The molecule has 0 saturated carbocycles. The molecule has 7 heteroatoms. The van der Waals surface area contributed by atoms with Crippen LogP contribution in [0, 0.1) is 5.82 Å². The maximum atomic E-state index is 13.1. The fraction of sp³-hybridized carbons (Fsp3) is 0.364. The molecule has 1 aliphatic heterocycles. The highest BCUT2D eigenvalue weighted by Crippen LogP contribution is 2.18. The van der Waals surface area contributed by atoms with Gasteiger partial charge in [0.25, 0.3) is 0 Å². The molecule has 6 nitrogen and oxygen atoms in total. The van der Waals surface area contributed by atoms with Crippen molar-refractivity contribution in [1.82, 2.24) is 4.90 Å². The molecule has 154 valence electrons. The summed E-state index contributed by atoms with van der Waals surface area (Å²) >= 11 is 0. The van der Waals surface area contributed by atoms with Crippen molar-refractivity contribution in [3.05, 3.63) is 59.9 Å². The molecule has 0 spiro atoms. The van der Waals surface area contributed by atoms with Crippen LogP contribution in [0.5, 0.6) is 0 Å². The SMILES string of the molecule is CCOC(=O)c1ccccc1NCCC(=O)N1CCN(c2ccc(F)cc2)CC1. The predicted molar refractivity (Wildman–Crippen MR) is 111 cm³/mol. The number of hydrogen-bond donors (Lipinski definition) is 1. The average Bonchev–Trinajstić information content (AvgIpc) is 2.75. The molecule has 1 heterocycles. The molecule has 1 saturated heterocycles. The first-order valence-electron chi connectivity index (χ1n) is 9.87. The van der Waals surface area contributed by atoms with Crippen LogP contribution in [0.4, 0.5) is 15.8 Å². The number of carbonyl (C=O) groups is 2. The smallest absolute Gasteiger partial charge is 0.340 e. The van der Waals surface area contributed by atoms with Gasteiger partial charge in [0.15, 0.2) is 0 Å². The molecule has 0 unspecified atom stereocenters. The first-order chi connectivity index (χ1) is 14.1. The van der Waals surface area contributed by atoms with Gasteiger partial charge in [0, 0.05) is 50.5 Å². The minimum Gasteiger partial charge on any atom is -0.462 e. The summed E-state index contributed by atoms with van der Waals surface area (Å²) < 4.78 is 18.1. The van der Waals surface area contributed by atoms with Gasteiger partial charge in [-0.2, -0.15) is 0 Å². The first kappa shape index (κ1) is 20.6. The normalized spacial score (nSPS) is 13.9. The van der Waals surface area contributed by atoms with Gasteiger partial charge >= 0.3 is 5.97 Å². The molecule has 1 amide bonds. The minimum absolute atomic E-state index is 0.0740. The van der Waals surface area contributed by atoms with Crippen LogP contribution in [0.1, 0.15) is 23.7 Å². The van der Waals surface area contributed by atoms with Crippen molar-refractivity contribution in [2.75, 3.05) is 49.5 Å². The predicted octanol–water partition coefficient (Wildman–Crippen LogP) is 3.15. The van der Waals surface area contributed by atoms with Crippen molar-refractivity contribution in [2.24, 2.45) is 0 Å². The summed E-state index contributed by atoms with van der Waals surface area (Å²) in [4.78, 5) is 28.5. The zero-order valence-corrected chi connectivity index (χ0v) is 16.6. The number of halogens is 1. The van der Waals surface area contributed by atoms with Crippen LogP contribution in [0.2, 0.25) is 0 Å². The van der Waals surface area contributed by atoms with E-state index in [0.29, 0.717) is 43.9 Å². The Hall–Kier alpha value is -3.09. The van der Waals surface area contributed by atoms with Crippen molar-refractivity contribution < 1.29 is 18.7 Å². The molecule has 1 fully saturated rings. The maximum absolute atomic E-state index is 13.1. The summed E-state index contributed by atoms with van der Waals surface area (Å²) in [7, 11) is 0. The van der Waals surface area contributed by atoms with Crippen molar-refractivity contribution in [3.8, 4) is 0 Å². The number of rotatable bonds is 7. The molecule has 0 aromatic heterocycles. The third kappa shape index (κ3) is 5.47. The number of nitrogens with one attached hydrogen (secondary N) is 1. The van der Waals surface area contributed by atoms with E-state index in [4.69, 9.17) is 4.74 Å². The van der Waals surface area contributed by atoms with E-state index in [1.807, 2.05) is 11.0 Å². The summed E-state index contributed by atoms with van der Waals surface area (Å²) in [6, 6.07) is 13.6. The van der Waals surface area contributed by atoms with Gasteiger partial charge in [0.1, 0.15) is 5.82 Å². The topological polar surface area (TPSA) is 61.9 Å². The van der Waals surface area contributed by atoms with Crippen LogP contribution in [0.15, 0.2) is 48.5 Å². The number of ether oxygens (including phenoxy) is 1. The van der Waals surface area contributed by atoms with Gasteiger partial charge in [-0.05, 0) is 43.3 Å². The Kier molecular flexibility index (Phi) is 7.05. The lowest BCUT2D eigenvalue weighted by molar-refractivity contribution is -0.131. The van der Waals surface area contributed by atoms with Crippen LogP contribution in [-0.4, -0.2) is 56.1 Å². The number of amides is 1. The number of esters is 1. The monoisotopic (exact) mass is 399 g/mol. The Morgan fingerprint density at radius 1 is 1.03 bits per heavy atom. The number of hydrogen-bond acceptors (Lipinski definition) is 5. The Bertz CT molecular complexity index is 833. The molecule has 0 bridgehead atoms. The van der Waals surface area contributed by atoms with Gasteiger partial charge < -0.3 is 19.9 Å². The number of carbonyl (C=O) groups excluding carboxylic acids is 2. The van der Waals surface area contributed by atoms with E-state index in [9.17, 15) is 14.0 Å². The van der Waals surface area contributed by atoms with Gasteiger partial charge in [-0.1, -0.05) is 12.1 Å². The number of anilines is 2. The zero-order valence-electron chi connectivity index (χ0n) is 16.6. The van der Waals surface area contributed by atoms with E-state index in [-0.39, 0.29) is 17.7 Å². The maximum Gasteiger partial charge on any atom is 0.340 e. The Morgan fingerprint density at radius 3 is 2.41 bits per heavy atom. The standard InChI is InChI=1S/C22H26FN3O3/c1-2-29-22(28)19-5-3-4-6-20(19)24-12-11-21(27)26-15-13-25(14-16-26)18-9-7-17(23)8-10-18/h3-10,24H,2,11-16H2,1H3. The lowest BCUT2D eigenvalue weighted by atomic mass is 10.1. The van der Waals surface area contributed by atoms with E-state index < -0.39 is 0 Å². The molecule has 0 aliphatic carbocycles. The van der Waals surface area contributed by atoms with E-state index in [1.165, 1.54) is 12.1 Å². The molecule has 0 atom stereocenters. The number of piperazine rings is 1. The van der Waals surface area contributed by atoms with Crippen LogP contribution >= 0.6 is 0 Å². The Morgan fingerprint density at radius 2 is 1.72 bits per heavy atom. The van der Waals surface area contributed by atoms with E-state index in [1.54, 1.807) is 37.3 Å². The second kappa shape index (κ2) is 9.91. The molecule has 29 heavy (non-hydrogen) atoms. The molecule has 1 aliphatic rings. The van der Waals surface area contributed by atoms with E-state index in [0.717, 1.165) is 18.8 Å². The Labute approximate surface area is 170 Å². The molecule has 3 rings (SSSR count). The molecular formula is C22H26FN3O3. The second-order valence-electron chi connectivity index (χ2n) is 6.79. The second-order valence-corrected chi connectivity index (χ2v) is 6.79. The lowest BCUT2D eigenvalue weighted by Crippen LogP contribution is -2.49. The molecule has 2 aromatic rings. The molecule has 2 aromatic carbocycles. The third-order valence-corrected chi connectivity index (χ3v) is 4.90. The summed E-state index contributed by atoms with van der Waals surface area (Å²) in [6.45, 7) is 5.23. The van der Waals surface area contributed by atoms with E-state index in [2.05, 4.69) is 10.2 Å². The summed E-state index contributed by atoms with van der Waals surface area (Å²) in [5.74, 6) is -0.552. The number of para-hydroxylation sites is 1. The highest BCUT2D eigenvalue weighted by molar-refractivity contribution is 5.95. The molecule has 1 N–H and O–H groups in total. The molecule has 0 radical (unpaired) electrons. The van der Waals surface area contributed by atoms with Gasteiger partial charge in [-0.3, -0.25) is 4.79 Å². The summed E-state index contributed by atoms with van der Waals surface area (Å²) in [5.41, 5.74) is 2.10. The zero-order chi connectivity index (χ0) is 20.6. The molecular weight excluding hydrogens is 373 g/mol. The summed E-state index contributed by atoms with van der Waals surface area (Å²) in [6.07, 6.45) is 0.341. The summed E-state index contributed by atoms with van der Waals surface area (Å²) in [5, 5.41) is 3.17. The van der Waals surface area contributed by atoms with Crippen molar-refractivity contribution in [2.45, 2.75) is 13.3 Å². The number of benzene rings is 2. The van der Waals surface area contributed by atoms with Crippen LogP contribution in [0.25, 0.3) is 0 Å². The Balaban J connectivity index is 1.46. The average molecular weight is 399 g/mol. The van der Waals surface area contributed by atoms with Gasteiger partial charge in [-0.25, -0.2) is 9.18 Å². The fourth-order valence-electron chi connectivity index (χ4n) is 3.35. The van der Waals surface area contributed by atoms with Crippen LogP contribution in [0.3, 0.4) is 0 Å². The van der Waals surface area contributed by atoms with E-state index >= 15 is 0 Å². The largest absolute Gasteiger partial charge is 0.462 e. The lowest BCUT2D eigenvalue weighted by Gasteiger charge is -2.36. The van der Waals surface area contributed by atoms with Crippen LogP contribution in [-0.2, 0) is 9.53 Å².